The summed E-state index contributed by atoms with van der Waals surface area (Å²) in [5, 5.41) is 16.6. The zero-order chi connectivity index (χ0) is 20.8. The van der Waals surface area contributed by atoms with Gasteiger partial charge in [0.1, 0.15) is 23.1 Å². The van der Waals surface area contributed by atoms with Crippen molar-refractivity contribution in [1.29, 1.82) is 0 Å². The summed E-state index contributed by atoms with van der Waals surface area (Å²) in [4.78, 5) is 6.44. The van der Waals surface area contributed by atoms with Crippen LogP contribution < -0.4 is 20.3 Å². The average molecular weight is 404 g/mol. The highest BCUT2D eigenvalue weighted by Gasteiger charge is 2.25. The van der Waals surface area contributed by atoms with Gasteiger partial charge in [-0.2, -0.15) is 0 Å². The van der Waals surface area contributed by atoms with E-state index in [1.165, 1.54) is 12.1 Å². The van der Waals surface area contributed by atoms with Crippen molar-refractivity contribution in [3.05, 3.63) is 53.6 Å². The highest BCUT2D eigenvalue weighted by atomic mass is 19.1. The summed E-state index contributed by atoms with van der Waals surface area (Å²) in [5.74, 6) is 0.284. The number of aliphatic imine (C=N–C) groups is 1. The second-order valence-corrected chi connectivity index (χ2v) is 6.86. The van der Waals surface area contributed by atoms with E-state index in [1.54, 1.807) is 25.3 Å². The van der Waals surface area contributed by atoms with Gasteiger partial charge >= 0.3 is 0 Å². The van der Waals surface area contributed by atoms with Gasteiger partial charge in [0.25, 0.3) is 0 Å². The molecule has 0 bridgehead atoms. The average Bonchev–Trinajstić information content (AvgIpc) is 3.15. The molecule has 1 atom stereocenters. The van der Waals surface area contributed by atoms with E-state index in [0.717, 1.165) is 12.5 Å². The van der Waals surface area contributed by atoms with Gasteiger partial charge in [0.15, 0.2) is 5.96 Å². The zero-order valence-electron chi connectivity index (χ0n) is 16.6. The Bertz CT molecular complexity index is 876. The Kier molecular flexibility index (Phi) is 6.74. The summed E-state index contributed by atoms with van der Waals surface area (Å²) < 4.78 is 32.4. The smallest absolute Gasteiger partial charge is 0.191 e. The summed E-state index contributed by atoms with van der Waals surface area (Å²) in [6.07, 6.45) is 0.797. The zero-order valence-corrected chi connectivity index (χ0v) is 16.6. The number of methoxy groups -OCH3 is 1. The van der Waals surface area contributed by atoms with E-state index in [0.29, 0.717) is 42.6 Å². The van der Waals surface area contributed by atoms with Crippen molar-refractivity contribution in [2.24, 2.45) is 4.99 Å². The van der Waals surface area contributed by atoms with Crippen molar-refractivity contribution in [1.82, 2.24) is 10.6 Å². The first-order valence-corrected chi connectivity index (χ1v) is 9.61. The number of hydrogen-bond acceptors (Lipinski definition) is 4. The Morgan fingerprint density at radius 3 is 2.83 bits per heavy atom. The van der Waals surface area contributed by atoms with Crippen molar-refractivity contribution in [3.8, 4) is 11.5 Å². The standard InChI is InChI=1S/C21H26F2N4O2/c1-3-24-21(25-12-14-10-17(29-2)5-7-20(14)28)26-16-8-9-27(13-16)19-6-4-15(22)11-18(19)23/h4-7,10-11,16,28H,3,8-9,12-13H2,1-2H3,(H2,24,25,26). The molecule has 29 heavy (non-hydrogen) atoms. The number of aromatic hydroxyl groups is 1. The quantitative estimate of drug-likeness (QED) is 0.510. The van der Waals surface area contributed by atoms with Gasteiger partial charge in [0, 0.05) is 37.3 Å². The minimum Gasteiger partial charge on any atom is -0.508 e. The molecule has 156 valence electrons. The van der Waals surface area contributed by atoms with Crippen molar-refractivity contribution >= 4 is 11.6 Å². The molecule has 0 aliphatic carbocycles. The second-order valence-electron chi connectivity index (χ2n) is 6.86. The first-order chi connectivity index (χ1) is 14.0. The maximum absolute atomic E-state index is 14.0. The summed E-state index contributed by atoms with van der Waals surface area (Å²) in [7, 11) is 1.57. The summed E-state index contributed by atoms with van der Waals surface area (Å²) in [6, 6.07) is 8.72. The highest BCUT2D eigenvalue weighted by Crippen LogP contribution is 2.25. The molecule has 2 aromatic carbocycles. The normalized spacial score (nSPS) is 16.8. The molecule has 1 aliphatic rings. The molecular formula is C21H26F2N4O2. The maximum Gasteiger partial charge on any atom is 0.191 e. The SMILES string of the molecule is CCNC(=NCc1cc(OC)ccc1O)NC1CCN(c2ccc(F)cc2F)C1. The van der Waals surface area contributed by atoms with E-state index in [2.05, 4.69) is 15.6 Å². The third-order valence-electron chi connectivity index (χ3n) is 4.82. The number of halogens is 2. The van der Waals surface area contributed by atoms with Crippen LogP contribution >= 0.6 is 0 Å². The fourth-order valence-corrected chi connectivity index (χ4v) is 3.33. The number of nitrogens with zero attached hydrogens (tertiary/aromatic N) is 2. The molecule has 6 nitrogen and oxygen atoms in total. The number of rotatable bonds is 6. The summed E-state index contributed by atoms with van der Waals surface area (Å²) in [5.41, 5.74) is 1.06. The van der Waals surface area contributed by atoms with Crippen LogP contribution in [0.25, 0.3) is 0 Å². The highest BCUT2D eigenvalue weighted by molar-refractivity contribution is 5.80. The molecule has 0 spiro atoms. The molecule has 0 saturated carbocycles. The van der Waals surface area contributed by atoms with Gasteiger partial charge in [-0.25, -0.2) is 13.8 Å². The van der Waals surface area contributed by atoms with Gasteiger partial charge in [-0.3, -0.25) is 0 Å². The monoisotopic (exact) mass is 404 g/mol. The van der Waals surface area contributed by atoms with E-state index in [1.807, 2.05) is 11.8 Å². The van der Waals surface area contributed by atoms with Gasteiger partial charge in [-0.05, 0) is 43.7 Å². The number of guanidine groups is 1. The first-order valence-electron chi connectivity index (χ1n) is 9.61. The van der Waals surface area contributed by atoms with Crippen LogP contribution in [0.2, 0.25) is 0 Å². The molecule has 0 radical (unpaired) electrons. The minimum atomic E-state index is -0.581. The molecule has 1 heterocycles. The van der Waals surface area contributed by atoms with E-state index < -0.39 is 11.6 Å². The van der Waals surface area contributed by atoms with Crippen LogP contribution in [0.15, 0.2) is 41.4 Å². The first kappa shape index (κ1) is 20.7. The third-order valence-corrected chi connectivity index (χ3v) is 4.82. The maximum atomic E-state index is 14.0. The Morgan fingerprint density at radius 1 is 1.28 bits per heavy atom. The molecule has 0 amide bonds. The van der Waals surface area contributed by atoms with Gasteiger partial charge in [-0.15, -0.1) is 0 Å². The lowest BCUT2D eigenvalue weighted by atomic mass is 10.2. The van der Waals surface area contributed by atoms with Gasteiger partial charge in [-0.1, -0.05) is 0 Å². The second kappa shape index (κ2) is 9.45. The molecule has 0 aromatic heterocycles. The molecular weight excluding hydrogens is 378 g/mol. The van der Waals surface area contributed by atoms with Crippen LogP contribution in [-0.4, -0.2) is 43.9 Å². The Hall–Kier alpha value is -3.03. The van der Waals surface area contributed by atoms with E-state index in [4.69, 9.17) is 4.74 Å². The predicted molar refractivity (Wildman–Crippen MR) is 110 cm³/mol. The molecule has 3 rings (SSSR count). The van der Waals surface area contributed by atoms with Crippen molar-refractivity contribution in [3.63, 3.8) is 0 Å². The largest absolute Gasteiger partial charge is 0.508 e. The molecule has 3 N–H and O–H groups in total. The van der Waals surface area contributed by atoms with E-state index >= 15 is 0 Å². The molecule has 8 heteroatoms. The number of anilines is 1. The molecule has 1 saturated heterocycles. The number of nitrogens with one attached hydrogen (secondary N) is 2. The Balaban J connectivity index is 1.65. The summed E-state index contributed by atoms with van der Waals surface area (Å²) in [6.45, 7) is 4.17. The van der Waals surface area contributed by atoms with Crippen LogP contribution in [0, 0.1) is 11.6 Å². The fourth-order valence-electron chi connectivity index (χ4n) is 3.33. The van der Waals surface area contributed by atoms with Crippen LogP contribution in [0.3, 0.4) is 0 Å². The number of hydrogen-bond donors (Lipinski definition) is 3. The number of phenolic OH excluding ortho intramolecular Hbond substituents is 1. The van der Waals surface area contributed by atoms with Crippen LogP contribution in [0.5, 0.6) is 11.5 Å². The van der Waals surface area contributed by atoms with Crippen LogP contribution in [-0.2, 0) is 6.54 Å². The van der Waals surface area contributed by atoms with Gasteiger partial charge in [0.05, 0.1) is 19.3 Å². The van der Waals surface area contributed by atoms with Crippen molar-refractivity contribution in [2.45, 2.75) is 25.9 Å². The Labute approximate surface area is 169 Å². The van der Waals surface area contributed by atoms with Crippen LogP contribution in [0.1, 0.15) is 18.9 Å². The van der Waals surface area contributed by atoms with Crippen LogP contribution in [0.4, 0.5) is 14.5 Å². The third kappa shape index (κ3) is 5.28. The number of phenols is 1. The lowest BCUT2D eigenvalue weighted by molar-refractivity contribution is 0.411. The lowest BCUT2D eigenvalue weighted by Crippen LogP contribution is -2.44. The molecule has 1 aliphatic heterocycles. The van der Waals surface area contributed by atoms with E-state index in [-0.39, 0.29) is 18.3 Å². The Morgan fingerprint density at radius 2 is 2.10 bits per heavy atom. The number of ether oxygens (including phenoxy) is 1. The lowest BCUT2D eigenvalue weighted by Gasteiger charge is -2.21. The molecule has 2 aromatic rings. The topological polar surface area (TPSA) is 69.1 Å². The molecule has 1 unspecified atom stereocenters. The minimum absolute atomic E-state index is 0.0659. The van der Waals surface area contributed by atoms with Gasteiger partial charge in [0.2, 0.25) is 0 Å². The molecule has 1 fully saturated rings. The van der Waals surface area contributed by atoms with Gasteiger partial charge < -0.3 is 25.4 Å². The van der Waals surface area contributed by atoms with Crippen molar-refractivity contribution < 1.29 is 18.6 Å². The fraction of sp³-hybridized carbons (Fsp3) is 0.381. The van der Waals surface area contributed by atoms with Crippen molar-refractivity contribution in [2.75, 3.05) is 31.6 Å². The predicted octanol–water partition coefficient (Wildman–Crippen LogP) is 3.01. The number of benzene rings is 2. The summed E-state index contributed by atoms with van der Waals surface area (Å²) >= 11 is 0. The van der Waals surface area contributed by atoms with E-state index in [9.17, 15) is 13.9 Å².